The number of hydrogen-bond acceptors (Lipinski definition) is 0. The van der Waals surface area contributed by atoms with Crippen LogP contribution in [0, 0.1) is 75.6 Å². The predicted molar refractivity (Wildman–Crippen MR) is 81.8 cm³/mol. The fourth-order valence-electron chi connectivity index (χ4n) is 2.72. The molecule has 0 aliphatic rings. The average Bonchev–Trinajstić information content (AvgIpc) is 2.76. The number of rotatable bonds is 2. The molecule has 0 aliphatic heterocycles. The highest BCUT2D eigenvalue weighted by Crippen LogP contribution is 2.43. The molecular formula is C18ClF13. The van der Waals surface area contributed by atoms with Crippen molar-refractivity contribution < 1.29 is 57.1 Å². The van der Waals surface area contributed by atoms with Gasteiger partial charge in [-0.15, -0.1) is 0 Å². The minimum Gasteiger partial charge on any atom is -0.203 e. The molecule has 0 nitrogen and oxygen atoms in total. The zero-order valence-electron chi connectivity index (χ0n) is 14.3. The highest BCUT2D eigenvalue weighted by Gasteiger charge is 2.37. The molecule has 0 spiro atoms. The van der Waals surface area contributed by atoms with Crippen LogP contribution in [0.5, 0.6) is 0 Å². The maximum Gasteiger partial charge on any atom is 0.200 e. The van der Waals surface area contributed by atoms with Crippen LogP contribution in [0.25, 0.3) is 22.3 Å². The lowest BCUT2D eigenvalue weighted by molar-refractivity contribution is 0.379. The van der Waals surface area contributed by atoms with Gasteiger partial charge >= 0.3 is 0 Å². The summed E-state index contributed by atoms with van der Waals surface area (Å²) in [6.07, 6.45) is 0. The summed E-state index contributed by atoms with van der Waals surface area (Å²) in [5.74, 6) is -35.8. The molecule has 0 N–H and O–H groups in total. The van der Waals surface area contributed by atoms with Gasteiger partial charge in [-0.3, -0.25) is 0 Å². The van der Waals surface area contributed by atoms with E-state index in [1.165, 1.54) is 0 Å². The zero-order valence-corrected chi connectivity index (χ0v) is 15.0. The van der Waals surface area contributed by atoms with Crippen molar-refractivity contribution >= 4 is 11.6 Å². The normalized spacial score (nSPS) is 11.4. The van der Waals surface area contributed by atoms with Crippen molar-refractivity contribution in [3.63, 3.8) is 0 Å². The van der Waals surface area contributed by atoms with Crippen molar-refractivity contribution in [1.29, 1.82) is 0 Å². The van der Waals surface area contributed by atoms with Crippen LogP contribution >= 0.6 is 11.6 Å². The van der Waals surface area contributed by atoms with E-state index in [-0.39, 0.29) is 0 Å². The molecule has 14 heteroatoms. The molecule has 0 aliphatic carbocycles. The molecule has 3 aromatic carbocycles. The molecule has 0 saturated carbocycles. The van der Waals surface area contributed by atoms with Gasteiger partial charge in [0.05, 0.1) is 22.3 Å². The Kier molecular flexibility index (Phi) is 5.83. The highest BCUT2D eigenvalue weighted by atomic mass is 35.5. The van der Waals surface area contributed by atoms with Gasteiger partial charge < -0.3 is 0 Å². The average molecular weight is 499 g/mol. The molecule has 0 aromatic heterocycles. The Bertz CT molecular complexity index is 1130. The minimum absolute atomic E-state index is 1.83. The first-order valence-electron chi connectivity index (χ1n) is 7.65. The summed E-state index contributed by atoms with van der Waals surface area (Å²) in [6.45, 7) is 0. The molecule has 0 amide bonds. The largest absolute Gasteiger partial charge is 0.203 e. The third kappa shape index (κ3) is 3.09. The van der Waals surface area contributed by atoms with Gasteiger partial charge in [-0.1, -0.05) is 11.6 Å². The SMILES string of the molecule is Fc1c(F)c(F)c(-c2c(F)c(F)c(-c3c(F)c(F)c(Cl)c(F)c3F)c(F)c2F)c(F)c1F. The smallest absolute Gasteiger partial charge is 0.200 e. The summed E-state index contributed by atoms with van der Waals surface area (Å²) in [5, 5.41) is -1.83. The molecule has 0 bridgehead atoms. The Morgan fingerprint density at radius 1 is 0.250 bits per heavy atom. The first-order chi connectivity index (χ1) is 14.7. The highest BCUT2D eigenvalue weighted by molar-refractivity contribution is 6.31. The Balaban J connectivity index is 2.50. The van der Waals surface area contributed by atoms with E-state index in [9.17, 15) is 57.1 Å². The minimum atomic E-state index is -2.91. The van der Waals surface area contributed by atoms with E-state index in [1.54, 1.807) is 0 Å². The Hall–Kier alpha value is -2.96. The van der Waals surface area contributed by atoms with Gasteiger partial charge in [0.15, 0.2) is 69.8 Å². The summed E-state index contributed by atoms with van der Waals surface area (Å²) in [5.41, 5.74) is -9.74. The monoisotopic (exact) mass is 498 g/mol. The second-order valence-corrected chi connectivity index (χ2v) is 6.27. The van der Waals surface area contributed by atoms with E-state index in [2.05, 4.69) is 0 Å². The van der Waals surface area contributed by atoms with E-state index in [0.29, 0.717) is 0 Å². The maximum atomic E-state index is 14.4. The summed E-state index contributed by atoms with van der Waals surface area (Å²) in [6, 6.07) is 0. The van der Waals surface area contributed by atoms with Crippen molar-refractivity contribution in [2.75, 3.05) is 0 Å². The molecule has 0 fully saturated rings. The van der Waals surface area contributed by atoms with E-state index >= 15 is 0 Å². The first-order valence-corrected chi connectivity index (χ1v) is 8.02. The third-order valence-electron chi connectivity index (χ3n) is 4.18. The van der Waals surface area contributed by atoms with E-state index in [0.717, 1.165) is 0 Å². The lowest BCUT2D eigenvalue weighted by Gasteiger charge is -2.16. The molecule has 32 heavy (non-hydrogen) atoms. The molecule has 3 rings (SSSR count). The molecule has 170 valence electrons. The number of halogens is 14. The standard InChI is InChI=1S/C18ClF13/c19-5-14(28)10(24)3(11(25)15(5)29)1-6(20)8(22)2(9(23)7(1)21)4-12(26)16(30)18(32)17(31)13(4)27. The van der Waals surface area contributed by atoms with Crippen molar-refractivity contribution in [3.05, 3.63) is 80.6 Å². The van der Waals surface area contributed by atoms with Crippen molar-refractivity contribution in [3.8, 4) is 22.3 Å². The van der Waals surface area contributed by atoms with Crippen LogP contribution in [0.2, 0.25) is 5.02 Å². The van der Waals surface area contributed by atoms with E-state index < -0.39 is 103 Å². The Morgan fingerprint density at radius 3 is 0.656 bits per heavy atom. The maximum absolute atomic E-state index is 14.4. The van der Waals surface area contributed by atoms with Crippen LogP contribution in [0.1, 0.15) is 0 Å². The van der Waals surface area contributed by atoms with Gasteiger partial charge in [-0.2, -0.15) is 0 Å². The van der Waals surface area contributed by atoms with Crippen molar-refractivity contribution in [2.45, 2.75) is 0 Å². The summed E-state index contributed by atoms with van der Waals surface area (Å²) in [7, 11) is 0. The van der Waals surface area contributed by atoms with E-state index in [4.69, 9.17) is 11.6 Å². The number of benzene rings is 3. The van der Waals surface area contributed by atoms with Crippen molar-refractivity contribution in [2.24, 2.45) is 0 Å². The second kappa shape index (κ2) is 7.87. The van der Waals surface area contributed by atoms with Gasteiger partial charge in [0.1, 0.15) is 5.02 Å². The summed E-state index contributed by atoms with van der Waals surface area (Å²) in [4.78, 5) is 0. The quantitative estimate of drug-likeness (QED) is 0.195. The summed E-state index contributed by atoms with van der Waals surface area (Å²) < 4.78 is 181. The molecule has 0 unspecified atom stereocenters. The third-order valence-corrected chi connectivity index (χ3v) is 4.51. The van der Waals surface area contributed by atoms with Gasteiger partial charge in [0, 0.05) is 0 Å². The fraction of sp³-hybridized carbons (Fsp3) is 0. The van der Waals surface area contributed by atoms with Crippen molar-refractivity contribution in [1.82, 2.24) is 0 Å². The molecule has 0 heterocycles. The van der Waals surface area contributed by atoms with Crippen LogP contribution in [0.15, 0.2) is 0 Å². The van der Waals surface area contributed by atoms with Crippen LogP contribution in [0.4, 0.5) is 57.1 Å². The molecule has 3 aromatic rings. The molecule has 0 atom stereocenters. The lowest BCUT2D eigenvalue weighted by atomic mass is 9.95. The molecule has 0 radical (unpaired) electrons. The predicted octanol–water partition coefficient (Wildman–Crippen LogP) is 7.48. The number of hydrogen-bond donors (Lipinski definition) is 0. The summed E-state index contributed by atoms with van der Waals surface area (Å²) >= 11 is 4.92. The van der Waals surface area contributed by atoms with Crippen LogP contribution in [-0.4, -0.2) is 0 Å². The van der Waals surface area contributed by atoms with Gasteiger partial charge in [-0.05, 0) is 0 Å². The topological polar surface area (TPSA) is 0 Å². The zero-order chi connectivity index (χ0) is 24.4. The Morgan fingerprint density at radius 2 is 0.406 bits per heavy atom. The second-order valence-electron chi connectivity index (χ2n) is 5.90. The van der Waals surface area contributed by atoms with Crippen LogP contribution in [0.3, 0.4) is 0 Å². The van der Waals surface area contributed by atoms with E-state index in [1.807, 2.05) is 0 Å². The van der Waals surface area contributed by atoms with Crippen LogP contribution < -0.4 is 0 Å². The lowest BCUT2D eigenvalue weighted by Crippen LogP contribution is -2.11. The van der Waals surface area contributed by atoms with Gasteiger partial charge in [0.25, 0.3) is 0 Å². The van der Waals surface area contributed by atoms with Gasteiger partial charge in [-0.25, -0.2) is 57.1 Å². The van der Waals surface area contributed by atoms with Crippen LogP contribution in [-0.2, 0) is 0 Å². The fourth-order valence-corrected chi connectivity index (χ4v) is 2.89. The van der Waals surface area contributed by atoms with Gasteiger partial charge in [0.2, 0.25) is 5.82 Å². The molecule has 0 saturated heterocycles. The molecular weight excluding hydrogens is 499 g/mol. The first kappa shape index (κ1) is 23.7. The Labute approximate surface area is 172 Å².